The highest BCUT2D eigenvalue weighted by Gasteiger charge is 2.36. The van der Waals surface area contributed by atoms with E-state index in [0.29, 0.717) is 12.4 Å². The first-order valence-electron chi connectivity index (χ1n) is 9.36. The summed E-state index contributed by atoms with van der Waals surface area (Å²) in [6.07, 6.45) is 10.7. The lowest BCUT2D eigenvalue weighted by Crippen LogP contribution is -2.44. The summed E-state index contributed by atoms with van der Waals surface area (Å²) in [5.74, 6) is 0.929. The minimum atomic E-state index is -3.19. The molecule has 0 amide bonds. The molecule has 0 aromatic heterocycles. The maximum absolute atomic E-state index is 12.7. The van der Waals surface area contributed by atoms with Crippen LogP contribution in [0.4, 0.5) is 0 Å². The molecular formula is C17H35B2NO2S. The number of rotatable bonds is 6. The number of hydrogen-bond acceptors (Lipinski definition) is 3. The Kier molecular flexibility index (Phi) is 9.28. The van der Waals surface area contributed by atoms with Gasteiger partial charge in [-0.05, 0) is 20.9 Å². The lowest BCUT2D eigenvalue weighted by atomic mass is 9.62. The topological polar surface area (TPSA) is 46.2 Å². The van der Waals surface area contributed by atoms with E-state index in [-0.39, 0.29) is 5.82 Å². The van der Waals surface area contributed by atoms with Crippen LogP contribution in [0.3, 0.4) is 0 Å². The second-order valence-corrected chi connectivity index (χ2v) is 10.2. The maximum atomic E-state index is 12.7. The van der Waals surface area contributed by atoms with Crippen LogP contribution in [0, 0.1) is 0 Å². The van der Waals surface area contributed by atoms with Crippen molar-refractivity contribution in [2.75, 3.05) is 13.6 Å². The molecule has 6 heteroatoms. The minimum Gasteiger partial charge on any atom is -0.318 e. The molecule has 0 saturated heterocycles. The lowest BCUT2D eigenvalue weighted by Gasteiger charge is -2.27. The van der Waals surface area contributed by atoms with Gasteiger partial charge in [0.15, 0.2) is 0 Å². The SMILES string of the molecule is C[B]C1CCCCCCC([B]S(=O)(=O)C(C)(C)CNC)CCC1. The Bertz CT molecular complexity index is 426. The summed E-state index contributed by atoms with van der Waals surface area (Å²) in [6, 6.07) is 0. The second kappa shape index (κ2) is 10.1. The molecule has 0 aromatic carbocycles. The van der Waals surface area contributed by atoms with Crippen LogP contribution in [-0.2, 0) is 9.69 Å². The quantitative estimate of drug-likeness (QED) is 0.747. The Labute approximate surface area is 146 Å². The molecule has 1 rings (SSSR count). The first-order chi connectivity index (χ1) is 10.8. The molecule has 1 saturated carbocycles. The third kappa shape index (κ3) is 7.21. The van der Waals surface area contributed by atoms with Gasteiger partial charge in [-0.25, -0.2) is 8.42 Å². The number of nitrogens with one attached hydrogen (secondary N) is 1. The van der Waals surface area contributed by atoms with Crippen LogP contribution >= 0.6 is 0 Å². The zero-order chi connectivity index (χ0) is 17.3. The van der Waals surface area contributed by atoms with Gasteiger partial charge < -0.3 is 5.32 Å². The van der Waals surface area contributed by atoms with Gasteiger partial charge in [-0.3, -0.25) is 0 Å². The third-order valence-electron chi connectivity index (χ3n) is 5.27. The van der Waals surface area contributed by atoms with E-state index < -0.39 is 14.4 Å². The fourth-order valence-electron chi connectivity index (χ4n) is 3.53. The van der Waals surface area contributed by atoms with E-state index in [0.717, 1.165) is 25.7 Å². The zero-order valence-corrected chi connectivity index (χ0v) is 16.4. The van der Waals surface area contributed by atoms with Crippen LogP contribution in [0.1, 0.15) is 71.6 Å². The molecular weight excluding hydrogens is 304 g/mol. The molecule has 23 heavy (non-hydrogen) atoms. The molecule has 2 atom stereocenters. The summed E-state index contributed by atoms with van der Waals surface area (Å²) in [7, 11) is 0.954. The Morgan fingerprint density at radius 2 is 1.48 bits per heavy atom. The lowest BCUT2D eigenvalue weighted by molar-refractivity contribution is 0.540. The van der Waals surface area contributed by atoms with Gasteiger partial charge in [-0.1, -0.05) is 76.2 Å². The van der Waals surface area contributed by atoms with Gasteiger partial charge in [0.25, 0.3) is 6.56 Å². The molecule has 1 aliphatic rings. The first kappa shape index (κ1) is 21.1. The van der Waals surface area contributed by atoms with Crippen LogP contribution in [0.5, 0.6) is 0 Å². The predicted molar refractivity (Wildman–Crippen MR) is 103 cm³/mol. The van der Waals surface area contributed by atoms with Crippen molar-refractivity contribution in [2.45, 2.75) is 94.8 Å². The largest absolute Gasteiger partial charge is 0.318 e. The molecule has 1 N–H and O–H groups in total. The normalized spacial score (nSPS) is 25.4. The van der Waals surface area contributed by atoms with Crippen molar-refractivity contribution >= 4 is 23.5 Å². The predicted octanol–water partition coefficient (Wildman–Crippen LogP) is 3.87. The minimum absolute atomic E-state index is 0.215. The highest BCUT2D eigenvalue weighted by Crippen LogP contribution is 2.31. The van der Waals surface area contributed by atoms with Crippen LogP contribution in [0.25, 0.3) is 0 Å². The first-order valence-corrected chi connectivity index (χ1v) is 10.9. The van der Waals surface area contributed by atoms with Gasteiger partial charge in [0.2, 0.25) is 0 Å². The molecule has 2 unspecified atom stereocenters. The van der Waals surface area contributed by atoms with Gasteiger partial charge in [0, 0.05) is 6.54 Å². The van der Waals surface area contributed by atoms with Gasteiger partial charge in [-0.15, -0.1) is 0 Å². The summed E-state index contributed by atoms with van der Waals surface area (Å²) in [5.41, 5.74) is 0. The van der Waals surface area contributed by atoms with E-state index >= 15 is 0 Å². The monoisotopic (exact) mass is 339 g/mol. The van der Waals surface area contributed by atoms with E-state index in [1.54, 1.807) is 6.56 Å². The Balaban J connectivity index is 2.67. The molecule has 1 aliphatic carbocycles. The van der Waals surface area contributed by atoms with Gasteiger partial charge in [0.1, 0.15) is 17.0 Å². The van der Waals surface area contributed by atoms with Gasteiger partial charge >= 0.3 is 0 Å². The van der Waals surface area contributed by atoms with Crippen molar-refractivity contribution < 1.29 is 8.42 Å². The molecule has 132 valence electrons. The fraction of sp³-hybridized carbons (Fsp3) is 1.00. The van der Waals surface area contributed by atoms with Crippen molar-refractivity contribution in [1.82, 2.24) is 5.32 Å². The van der Waals surface area contributed by atoms with Crippen molar-refractivity contribution in [3.63, 3.8) is 0 Å². The Morgan fingerprint density at radius 3 is 2.04 bits per heavy atom. The Morgan fingerprint density at radius 1 is 0.957 bits per heavy atom. The van der Waals surface area contributed by atoms with Crippen LogP contribution < -0.4 is 5.32 Å². The summed E-state index contributed by atoms with van der Waals surface area (Å²) in [4.78, 5) is 0. The molecule has 2 radical (unpaired) electrons. The summed E-state index contributed by atoms with van der Waals surface area (Å²) >= 11 is 0. The number of hydrogen-bond donors (Lipinski definition) is 1. The van der Waals surface area contributed by atoms with Crippen molar-refractivity contribution in [2.24, 2.45) is 0 Å². The highest BCUT2D eigenvalue weighted by atomic mass is 32.2. The smallest absolute Gasteiger partial charge is 0.283 e. The van der Waals surface area contributed by atoms with Crippen molar-refractivity contribution in [1.29, 1.82) is 0 Å². The Hall–Kier alpha value is 0.0399. The highest BCUT2D eigenvalue weighted by molar-refractivity contribution is 8.16. The van der Waals surface area contributed by atoms with Crippen LogP contribution in [0.15, 0.2) is 0 Å². The third-order valence-corrected chi connectivity index (χ3v) is 7.69. The maximum Gasteiger partial charge on any atom is 0.283 e. The molecule has 0 heterocycles. The van der Waals surface area contributed by atoms with Gasteiger partial charge in [0.05, 0.1) is 4.75 Å². The molecule has 3 nitrogen and oxygen atoms in total. The summed E-state index contributed by atoms with van der Waals surface area (Å²) in [6.45, 7) is 7.99. The van der Waals surface area contributed by atoms with E-state index in [9.17, 15) is 8.42 Å². The molecule has 0 spiro atoms. The molecule has 0 bridgehead atoms. The summed E-state index contributed by atoms with van der Waals surface area (Å²) < 4.78 is 24.8. The van der Waals surface area contributed by atoms with Crippen molar-refractivity contribution in [3.8, 4) is 0 Å². The van der Waals surface area contributed by atoms with Crippen molar-refractivity contribution in [3.05, 3.63) is 0 Å². The van der Waals surface area contributed by atoms with Crippen LogP contribution in [0.2, 0.25) is 18.5 Å². The van der Waals surface area contributed by atoms with Gasteiger partial charge in [-0.2, -0.15) is 0 Å². The second-order valence-electron chi connectivity index (χ2n) is 7.75. The molecule has 1 fully saturated rings. The fourth-order valence-corrected chi connectivity index (χ4v) is 5.02. The van der Waals surface area contributed by atoms with E-state index in [1.807, 2.05) is 20.9 Å². The zero-order valence-electron chi connectivity index (χ0n) is 15.6. The average molecular weight is 339 g/mol. The standard InChI is InChI=1S/C17H35B2NO2S/c1-17(2,14-20-4)23(21,22)19-16-11-8-6-5-7-10-15(18-3)12-9-13-16/h15-16,20H,5-14H2,1-4H3. The molecule has 0 aromatic rings. The van der Waals surface area contributed by atoms with E-state index in [1.165, 1.54) is 32.1 Å². The van der Waals surface area contributed by atoms with E-state index in [2.05, 4.69) is 19.4 Å². The van der Waals surface area contributed by atoms with Crippen LogP contribution in [-0.4, -0.2) is 40.6 Å². The van der Waals surface area contributed by atoms with E-state index in [4.69, 9.17) is 0 Å². The summed E-state index contributed by atoms with van der Waals surface area (Å²) in [5, 5.41) is 3.01. The average Bonchev–Trinajstić information content (AvgIpc) is 2.52. The molecule has 0 aliphatic heterocycles.